The lowest BCUT2D eigenvalue weighted by atomic mass is 9.80. The van der Waals surface area contributed by atoms with Crippen molar-refractivity contribution < 1.29 is 42.3 Å². The Morgan fingerprint density at radius 3 is 1.87 bits per heavy atom. The van der Waals surface area contributed by atoms with Gasteiger partial charge in [-0.1, -0.05) is 105 Å². The summed E-state index contributed by atoms with van der Waals surface area (Å²) in [6.07, 6.45) is -1.07. The van der Waals surface area contributed by atoms with Gasteiger partial charge in [0.2, 0.25) is 0 Å². The molecule has 16 heteroatoms. The first-order valence-corrected chi connectivity index (χ1v) is 20.8. The lowest BCUT2D eigenvalue weighted by molar-refractivity contribution is -0.165. The molecule has 330 valence electrons. The standard InChI is InChI=1S/C46H56N6O9S/c1-28(2)34(51-42(54)60-44(3,4)5)41(53)59-38-33(25-57-46(29-18-12-9-13-19-29,30-20-14-10-15-21-30)31-22-16-11-17-23-31)52(43(55)61-45(6,7)8)37(39(38)56-27-58-62)32-24-48-36-35(32)49-26-50-40(36)47/h9-24,26,28,33-34,37-39,48,62H,25,27H2,1-8H3,(H,51,54)(H2,47,49,50)/t33-,34?,37+,38-,39+/m1/s1. The van der Waals surface area contributed by atoms with Gasteiger partial charge < -0.3 is 39.7 Å². The highest BCUT2D eigenvalue weighted by molar-refractivity contribution is 7.75. The average molecular weight is 869 g/mol. The Hall–Kier alpha value is -5.68. The van der Waals surface area contributed by atoms with Crippen molar-refractivity contribution in [3.63, 3.8) is 0 Å². The summed E-state index contributed by atoms with van der Waals surface area (Å²) in [6.45, 7) is 13.3. The van der Waals surface area contributed by atoms with Crippen molar-refractivity contribution in [2.24, 2.45) is 5.92 Å². The molecule has 15 nitrogen and oxygen atoms in total. The highest BCUT2D eigenvalue weighted by Gasteiger charge is 2.58. The van der Waals surface area contributed by atoms with Crippen LogP contribution in [0.4, 0.5) is 15.4 Å². The number of esters is 1. The van der Waals surface area contributed by atoms with Gasteiger partial charge in [-0.2, -0.15) is 0 Å². The van der Waals surface area contributed by atoms with Crippen LogP contribution in [0.15, 0.2) is 104 Å². The molecule has 5 aromatic rings. The van der Waals surface area contributed by atoms with E-state index in [0.717, 1.165) is 16.7 Å². The number of nitrogen functional groups attached to an aromatic ring is 1. The molecule has 0 saturated carbocycles. The van der Waals surface area contributed by atoms with Crippen LogP contribution in [0.3, 0.4) is 0 Å². The lowest BCUT2D eigenvalue weighted by Crippen LogP contribution is -2.52. The van der Waals surface area contributed by atoms with Crippen LogP contribution >= 0.6 is 12.9 Å². The molecule has 1 aliphatic rings. The van der Waals surface area contributed by atoms with Crippen molar-refractivity contribution in [2.45, 2.75) is 103 Å². The Morgan fingerprint density at radius 1 is 0.823 bits per heavy atom. The zero-order valence-corrected chi connectivity index (χ0v) is 37.1. The number of aromatic amines is 1. The number of aromatic nitrogens is 3. The Bertz CT molecular complexity index is 2190. The van der Waals surface area contributed by atoms with Crippen molar-refractivity contribution in [3.05, 3.63) is 126 Å². The fraction of sp³-hybridized carbons (Fsp3) is 0.413. The van der Waals surface area contributed by atoms with Crippen molar-refractivity contribution in [2.75, 3.05) is 19.1 Å². The summed E-state index contributed by atoms with van der Waals surface area (Å²) in [7, 11) is 0. The fourth-order valence-electron chi connectivity index (χ4n) is 7.75. The number of anilines is 1. The normalized spacial score (nSPS) is 18.7. The minimum absolute atomic E-state index is 0.174. The molecule has 6 rings (SSSR count). The fourth-order valence-corrected chi connectivity index (χ4v) is 7.81. The molecule has 5 atom stereocenters. The van der Waals surface area contributed by atoms with Crippen LogP contribution in [0, 0.1) is 5.92 Å². The van der Waals surface area contributed by atoms with E-state index in [0.29, 0.717) is 16.6 Å². The van der Waals surface area contributed by atoms with Crippen LogP contribution in [0.1, 0.15) is 83.7 Å². The number of ether oxygens (including phenoxy) is 5. The summed E-state index contributed by atoms with van der Waals surface area (Å²) in [5.74, 6) is -1.09. The summed E-state index contributed by atoms with van der Waals surface area (Å²) in [4.78, 5) is 56.0. The number of alkyl carbamates (subject to hydrolysis) is 1. The third-order valence-corrected chi connectivity index (χ3v) is 10.4. The van der Waals surface area contributed by atoms with Crippen LogP contribution in [0.2, 0.25) is 0 Å². The predicted molar refractivity (Wildman–Crippen MR) is 236 cm³/mol. The molecule has 0 aliphatic carbocycles. The van der Waals surface area contributed by atoms with Crippen LogP contribution in [0.5, 0.6) is 0 Å². The molecule has 2 aromatic heterocycles. The maximum absolute atomic E-state index is 15.0. The highest BCUT2D eigenvalue weighted by Crippen LogP contribution is 2.46. The second kappa shape index (κ2) is 19.2. The van der Waals surface area contributed by atoms with Gasteiger partial charge in [0, 0.05) is 11.8 Å². The predicted octanol–water partition coefficient (Wildman–Crippen LogP) is 7.87. The number of nitrogens with one attached hydrogen (secondary N) is 2. The molecule has 3 heterocycles. The SMILES string of the molecule is CC(C)C(NC(=O)OC(C)(C)C)C(=O)O[C@H]1[C@@H](OCOS)[C@H](c2c[nH]c3c(N)ncnc23)N(C(=O)OC(C)(C)C)[C@@H]1COC(c1ccccc1)(c1ccccc1)c1ccccc1. The van der Waals surface area contributed by atoms with Gasteiger partial charge in [0.05, 0.1) is 24.2 Å². The Labute approximate surface area is 367 Å². The number of H-pyrrole nitrogens is 1. The first-order valence-electron chi connectivity index (χ1n) is 20.4. The molecule has 1 aliphatic heterocycles. The maximum atomic E-state index is 15.0. The number of likely N-dealkylation sites (tertiary alicyclic amines) is 1. The average Bonchev–Trinajstić information content (AvgIpc) is 3.78. The minimum atomic E-state index is -1.30. The van der Waals surface area contributed by atoms with Gasteiger partial charge in [-0.05, 0) is 77.1 Å². The topological polar surface area (TPSA) is 189 Å². The van der Waals surface area contributed by atoms with E-state index in [2.05, 4.69) is 33.2 Å². The number of nitrogens with two attached hydrogens (primary N) is 1. The smallest absolute Gasteiger partial charge is 0.411 e. The van der Waals surface area contributed by atoms with Crippen LogP contribution in [0.25, 0.3) is 11.0 Å². The van der Waals surface area contributed by atoms with Crippen molar-refractivity contribution in [1.29, 1.82) is 0 Å². The van der Waals surface area contributed by atoms with Gasteiger partial charge in [0.25, 0.3) is 0 Å². The van der Waals surface area contributed by atoms with Crippen molar-refractivity contribution in [1.82, 2.24) is 25.2 Å². The summed E-state index contributed by atoms with van der Waals surface area (Å²) in [5, 5.41) is 2.69. The quantitative estimate of drug-likeness (QED) is 0.0211. The zero-order chi connectivity index (χ0) is 44.8. The summed E-state index contributed by atoms with van der Waals surface area (Å²) in [5.41, 5.74) is 6.88. The number of nitrogens with zero attached hydrogens (tertiary/aromatic N) is 3. The van der Waals surface area contributed by atoms with Crippen LogP contribution in [-0.2, 0) is 38.3 Å². The van der Waals surface area contributed by atoms with Crippen molar-refractivity contribution >= 4 is 47.9 Å². The Morgan fingerprint density at radius 2 is 1.37 bits per heavy atom. The molecule has 3 aromatic carbocycles. The first-order chi connectivity index (χ1) is 29.4. The monoisotopic (exact) mass is 868 g/mol. The molecule has 2 amide bonds. The van der Waals surface area contributed by atoms with Crippen LogP contribution in [-0.4, -0.2) is 86.9 Å². The second-order valence-corrected chi connectivity index (χ2v) is 17.6. The van der Waals surface area contributed by atoms with E-state index in [1.807, 2.05) is 91.0 Å². The van der Waals surface area contributed by atoms with Gasteiger partial charge in [-0.3, -0.25) is 9.08 Å². The number of fused-ring (bicyclic) bond motifs is 1. The molecule has 0 bridgehead atoms. The Kier molecular flexibility index (Phi) is 14.2. The highest BCUT2D eigenvalue weighted by atomic mass is 32.1. The molecule has 0 radical (unpaired) electrons. The molecule has 0 spiro atoms. The van der Waals surface area contributed by atoms with Gasteiger partial charge in [-0.15, -0.1) is 0 Å². The number of hydrogen-bond donors (Lipinski definition) is 4. The third kappa shape index (κ3) is 10.2. The van der Waals surface area contributed by atoms with Crippen molar-refractivity contribution in [3.8, 4) is 0 Å². The number of benzene rings is 3. The van der Waals surface area contributed by atoms with Gasteiger partial charge >= 0.3 is 18.2 Å². The summed E-state index contributed by atoms with van der Waals surface area (Å²) in [6, 6.07) is 25.8. The van der Waals surface area contributed by atoms with E-state index < -0.39 is 71.2 Å². The lowest BCUT2D eigenvalue weighted by Gasteiger charge is -2.39. The van der Waals surface area contributed by atoms with Crippen LogP contribution < -0.4 is 11.1 Å². The molecule has 4 N–H and O–H groups in total. The van der Waals surface area contributed by atoms with E-state index in [4.69, 9.17) is 33.6 Å². The molecule has 1 fully saturated rings. The number of carbonyl (C=O) groups is 3. The molecular formula is C46H56N6O9S. The number of rotatable bonds is 14. The number of thiol groups is 1. The molecule has 1 unspecified atom stereocenters. The minimum Gasteiger partial charge on any atom is -0.456 e. The van der Waals surface area contributed by atoms with E-state index in [9.17, 15) is 14.4 Å². The van der Waals surface area contributed by atoms with E-state index >= 15 is 0 Å². The zero-order valence-electron chi connectivity index (χ0n) is 36.2. The third-order valence-electron chi connectivity index (χ3n) is 10.3. The van der Waals surface area contributed by atoms with E-state index in [-0.39, 0.29) is 19.2 Å². The second-order valence-electron chi connectivity index (χ2n) is 17.4. The first kappa shape index (κ1) is 45.8. The molecule has 1 saturated heterocycles. The molecule has 62 heavy (non-hydrogen) atoms. The Balaban J connectivity index is 1.56. The van der Waals surface area contributed by atoms with Gasteiger partial charge in [0.1, 0.15) is 40.8 Å². The molecular weight excluding hydrogens is 813 g/mol. The van der Waals surface area contributed by atoms with Gasteiger partial charge in [0.15, 0.2) is 18.7 Å². The summed E-state index contributed by atoms with van der Waals surface area (Å²) >= 11 is 3.98. The number of carbonyl (C=O) groups excluding carboxylic acids is 3. The number of amides is 2. The largest absolute Gasteiger partial charge is 0.456 e. The van der Waals surface area contributed by atoms with Gasteiger partial charge in [-0.25, -0.2) is 24.4 Å². The summed E-state index contributed by atoms with van der Waals surface area (Å²) < 4.78 is 37.1. The maximum Gasteiger partial charge on any atom is 0.411 e. The van der Waals surface area contributed by atoms with E-state index in [1.165, 1.54) is 11.2 Å². The number of hydrogen-bond acceptors (Lipinski definition) is 13. The van der Waals surface area contributed by atoms with E-state index in [1.54, 1.807) is 61.6 Å².